The van der Waals surface area contributed by atoms with Crippen molar-refractivity contribution in [3.05, 3.63) is 70.8 Å². The second-order valence-electron chi connectivity index (χ2n) is 3.75. The summed E-state index contributed by atoms with van der Waals surface area (Å²) in [6.07, 6.45) is 0. The van der Waals surface area contributed by atoms with Crippen molar-refractivity contribution >= 4 is 11.6 Å². The van der Waals surface area contributed by atoms with Crippen LogP contribution in [0.3, 0.4) is 0 Å². The van der Waals surface area contributed by atoms with E-state index in [1.54, 1.807) is 48.5 Å². The van der Waals surface area contributed by atoms with Gasteiger partial charge in [0, 0.05) is 39.3 Å². The Balaban J connectivity index is 0.00000108. The molecule has 0 fully saturated rings. The molecule has 0 spiro atoms. The van der Waals surface area contributed by atoms with Crippen LogP contribution in [0.1, 0.15) is 31.8 Å². The molecular weight excluding hydrogens is 256 g/mol. The number of fused-ring (bicyclic) bond motifs is 2. The molecule has 0 N–H and O–H groups in total. The normalized spacial score (nSPS) is 12.5. The van der Waals surface area contributed by atoms with Gasteiger partial charge in [0.25, 0.3) is 0 Å². The smallest absolute Gasteiger partial charge is 0.194 e. The van der Waals surface area contributed by atoms with Crippen molar-refractivity contribution in [3.8, 4) is 0 Å². The van der Waals surface area contributed by atoms with Gasteiger partial charge in [-0.05, 0) is 0 Å². The zero-order valence-electron chi connectivity index (χ0n) is 8.79. The van der Waals surface area contributed by atoms with E-state index < -0.39 is 0 Å². The summed E-state index contributed by atoms with van der Waals surface area (Å²) in [6.45, 7) is 0. The maximum absolute atomic E-state index is 12.1. The molecule has 0 aliphatic heterocycles. The third kappa shape index (κ3) is 1.64. The van der Waals surface area contributed by atoms with Gasteiger partial charge in [-0.25, -0.2) is 0 Å². The largest absolute Gasteiger partial charge is 0.289 e. The van der Waals surface area contributed by atoms with Crippen LogP contribution in [0.2, 0.25) is 0 Å². The van der Waals surface area contributed by atoms with E-state index >= 15 is 0 Å². The summed E-state index contributed by atoms with van der Waals surface area (Å²) < 4.78 is 0. The van der Waals surface area contributed by atoms with Crippen molar-refractivity contribution in [2.45, 2.75) is 0 Å². The molecule has 2 aromatic rings. The fourth-order valence-electron chi connectivity index (χ4n) is 2.05. The van der Waals surface area contributed by atoms with Crippen molar-refractivity contribution in [2.75, 3.05) is 0 Å². The maximum Gasteiger partial charge on any atom is 0.194 e. The van der Waals surface area contributed by atoms with Crippen molar-refractivity contribution in [1.29, 1.82) is 0 Å². The SMILES string of the molecule is O=C1c2ccccc2C(=O)c2ccccc21.[Fe]. The Morgan fingerprint density at radius 1 is 0.529 bits per heavy atom. The zero-order valence-corrected chi connectivity index (χ0v) is 9.89. The van der Waals surface area contributed by atoms with Gasteiger partial charge in [0.1, 0.15) is 0 Å². The number of hydrogen-bond donors (Lipinski definition) is 0. The molecule has 1 aliphatic carbocycles. The minimum Gasteiger partial charge on any atom is -0.289 e. The fraction of sp³-hybridized carbons (Fsp3) is 0. The summed E-state index contributed by atoms with van der Waals surface area (Å²) in [5.74, 6) is -0.128. The van der Waals surface area contributed by atoms with Gasteiger partial charge in [-0.15, -0.1) is 0 Å². The van der Waals surface area contributed by atoms with Crippen LogP contribution in [0, 0.1) is 0 Å². The zero-order chi connectivity index (χ0) is 11.1. The molecule has 0 amide bonds. The van der Waals surface area contributed by atoms with Crippen molar-refractivity contribution in [2.24, 2.45) is 0 Å². The van der Waals surface area contributed by atoms with Gasteiger partial charge in [0.05, 0.1) is 0 Å². The summed E-state index contributed by atoms with van der Waals surface area (Å²) in [6, 6.07) is 13.9. The third-order valence-corrected chi connectivity index (χ3v) is 2.83. The fourth-order valence-corrected chi connectivity index (χ4v) is 2.05. The molecule has 1 aliphatic rings. The van der Waals surface area contributed by atoms with Gasteiger partial charge in [0.2, 0.25) is 0 Å². The Bertz CT molecular complexity index is 512. The van der Waals surface area contributed by atoms with E-state index in [0.717, 1.165) is 0 Å². The van der Waals surface area contributed by atoms with Gasteiger partial charge in [-0.1, -0.05) is 48.5 Å². The van der Waals surface area contributed by atoms with Gasteiger partial charge in [0.15, 0.2) is 11.6 Å². The molecule has 0 saturated heterocycles. The van der Waals surface area contributed by atoms with Crippen LogP contribution >= 0.6 is 0 Å². The predicted molar refractivity (Wildman–Crippen MR) is 59.7 cm³/mol. The third-order valence-electron chi connectivity index (χ3n) is 2.83. The molecule has 0 saturated carbocycles. The molecule has 3 heteroatoms. The van der Waals surface area contributed by atoms with E-state index in [1.807, 2.05) is 0 Å². The first-order valence-corrected chi connectivity index (χ1v) is 5.06. The topological polar surface area (TPSA) is 34.1 Å². The van der Waals surface area contributed by atoms with E-state index in [0.29, 0.717) is 22.3 Å². The molecule has 0 unspecified atom stereocenters. The molecule has 0 radical (unpaired) electrons. The first-order valence-electron chi connectivity index (χ1n) is 5.06. The monoisotopic (exact) mass is 264 g/mol. The van der Waals surface area contributed by atoms with Crippen molar-refractivity contribution < 1.29 is 26.7 Å². The number of benzene rings is 2. The van der Waals surface area contributed by atoms with E-state index in [2.05, 4.69) is 0 Å². The minimum atomic E-state index is -0.0641. The van der Waals surface area contributed by atoms with E-state index in [1.165, 1.54) is 0 Å². The Morgan fingerprint density at radius 3 is 1.00 bits per heavy atom. The Morgan fingerprint density at radius 2 is 0.765 bits per heavy atom. The number of carbonyl (C=O) groups excluding carboxylic acids is 2. The molecule has 0 bridgehead atoms. The molecule has 2 nitrogen and oxygen atoms in total. The Hall–Kier alpha value is -1.70. The standard InChI is InChI=1S/C14H8O2.Fe/c15-13-9-5-1-2-6-10(9)14(16)12-8-4-3-7-11(12)13;/h1-8H;. The molecule has 2 aromatic carbocycles. The van der Waals surface area contributed by atoms with Crippen LogP contribution in [0.4, 0.5) is 0 Å². The second-order valence-corrected chi connectivity index (χ2v) is 3.75. The minimum absolute atomic E-state index is 0. The number of ketones is 2. The average Bonchev–Trinajstić information content (AvgIpc) is 2.36. The van der Waals surface area contributed by atoms with Crippen LogP contribution in [0.5, 0.6) is 0 Å². The molecule has 3 rings (SSSR count). The van der Waals surface area contributed by atoms with Gasteiger partial charge >= 0.3 is 0 Å². The molecule has 84 valence electrons. The van der Waals surface area contributed by atoms with Crippen LogP contribution in [-0.2, 0) is 17.1 Å². The van der Waals surface area contributed by atoms with Crippen LogP contribution in [0.15, 0.2) is 48.5 Å². The Kier molecular flexibility index (Phi) is 2.97. The second kappa shape index (κ2) is 4.28. The van der Waals surface area contributed by atoms with Gasteiger partial charge < -0.3 is 0 Å². The summed E-state index contributed by atoms with van der Waals surface area (Å²) in [5, 5.41) is 0. The number of carbonyl (C=O) groups is 2. The van der Waals surface area contributed by atoms with Crippen molar-refractivity contribution in [3.63, 3.8) is 0 Å². The molecule has 0 atom stereocenters. The van der Waals surface area contributed by atoms with Crippen LogP contribution in [-0.4, -0.2) is 11.6 Å². The molecule has 0 aromatic heterocycles. The van der Waals surface area contributed by atoms with E-state index in [4.69, 9.17) is 0 Å². The number of rotatable bonds is 0. The summed E-state index contributed by atoms with van der Waals surface area (Å²) >= 11 is 0. The predicted octanol–water partition coefficient (Wildman–Crippen LogP) is 2.46. The summed E-state index contributed by atoms with van der Waals surface area (Å²) in [5.41, 5.74) is 2.02. The van der Waals surface area contributed by atoms with E-state index in [-0.39, 0.29) is 28.6 Å². The Labute approximate surface area is 109 Å². The van der Waals surface area contributed by atoms with Crippen LogP contribution < -0.4 is 0 Å². The average molecular weight is 264 g/mol. The maximum atomic E-state index is 12.1. The molecule has 0 heterocycles. The summed E-state index contributed by atoms with van der Waals surface area (Å²) in [4.78, 5) is 24.2. The first-order chi connectivity index (χ1) is 7.79. The van der Waals surface area contributed by atoms with E-state index in [9.17, 15) is 9.59 Å². The first kappa shape index (κ1) is 11.8. The van der Waals surface area contributed by atoms with Gasteiger partial charge in [-0.2, -0.15) is 0 Å². The molecule has 17 heavy (non-hydrogen) atoms. The summed E-state index contributed by atoms with van der Waals surface area (Å²) in [7, 11) is 0. The quantitative estimate of drug-likeness (QED) is 0.584. The van der Waals surface area contributed by atoms with Crippen LogP contribution in [0.25, 0.3) is 0 Å². The van der Waals surface area contributed by atoms with Crippen molar-refractivity contribution in [1.82, 2.24) is 0 Å². The molecular formula is C14H8FeO2. The van der Waals surface area contributed by atoms with Gasteiger partial charge in [-0.3, -0.25) is 9.59 Å². The number of hydrogen-bond acceptors (Lipinski definition) is 2.